The Hall–Kier alpha value is -1.68. The Morgan fingerprint density at radius 2 is 2.24 bits per heavy atom. The van der Waals surface area contributed by atoms with E-state index in [4.69, 9.17) is 0 Å². The van der Waals surface area contributed by atoms with E-state index in [1.54, 1.807) is 18.6 Å². The molecular formula is C13H17N3O. The zero-order valence-corrected chi connectivity index (χ0v) is 9.95. The molecule has 0 aliphatic heterocycles. The molecule has 4 nitrogen and oxygen atoms in total. The zero-order chi connectivity index (χ0) is 12.1. The van der Waals surface area contributed by atoms with Crippen LogP contribution in [0.25, 0.3) is 0 Å². The van der Waals surface area contributed by atoms with Crippen LogP contribution < -0.4 is 0 Å². The molecule has 1 unspecified atom stereocenters. The van der Waals surface area contributed by atoms with Crippen molar-refractivity contribution >= 4 is 0 Å². The lowest BCUT2D eigenvalue weighted by Gasteiger charge is -2.10. The van der Waals surface area contributed by atoms with Gasteiger partial charge in [-0.3, -0.25) is 9.67 Å². The van der Waals surface area contributed by atoms with E-state index >= 15 is 0 Å². The van der Waals surface area contributed by atoms with Crippen LogP contribution in [0.4, 0.5) is 0 Å². The molecule has 2 aromatic heterocycles. The van der Waals surface area contributed by atoms with Crippen LogP contribution in [0.1, 0.15) is 17.7 Å². The molecule has 2 aromatic rings. The minimum atomic E-state index is -0.325. The molecule has 0 spiro atoms. The highest BCUT2D eigenvalue weighted by Gasteiger charge is 2.07. The number of aliphatic hydroxyl groups excluding tert-OH is 1. The summed E-state index contributed by atoms with van der Waals surface area (Å²) in [6.07, 6.45) is 7.24. The van der Waals surface area contributed by atoms with Crippen molar-refractivity contribution in [1.82, 2.24) is 14.8 Å². The fraction of sp³-hybridized carbons (Fsp3) is 0.385. The van der Waals surface area contributed by atoms with Crippen LogP contribution in [0, 0.1) is 0 Å². The van der Waals surface area contributed by atoms with Crippen molar-refractivity contribution in [3.05, 3.63) is 48.0 Å². The molecule has 0 radical (unpaired) electrons. The Balaban J connectivity index is 1.82. The average Bonchev–Trinajstić information content (AvgIpc) is 2.74. The Labute approximate surface area is 101 Å². The summed E-state index contributed by atoms with van der Waals surface area (Å²) >= 11 is 0. The van der Waals surface area contributed by atoms with Crippen molar-refractivity contribution in [3.8, 4) is 0 Å². The lowest BCUT2D eigenvalue weighted by Crippen LogP contribution is -2.13. The van der Waals surface area contributed by atoms with Crippen LogP contribution in [-0.4, -0.2) is 26.0 Å². The fourth-order valence-corrected chi connectivity index (χ4v) is 1.85. The molecule has 4 heteroatoms. The lowest BCUT2D eigenvalue weighted by atomic mass is 10.0. The molecule has 0 saturated carbocycles. The van der Waals surface area contributed by atoms with E-state index in [0.717, 1.165) is 24.1 Å². The van der Waals surface area contributed by atoms with Crippen LogP contribution in [0.5, 0.6) is 0 Å². The lowest BCUT2D eigenvalue weighted by molar-refractivity contribution is 0.164. The molecule has 90 valence electrons. The number of aromatic nitrogens is 3. The minimum absolute atomic E-state index is 0.325. The summed E-state index contributed by atoms with van der Waals surface area (Å²) in [4.78, 5) is 4.04. The number of hydrogen-bond donors (Lipinski definition) is 1. The van der Waals surface area contributed by atoms with Crippen molar-refractivity contribution < 1.29 is 5.11 Å². The van der Waals surface area contributed by atoms with E-state index in [0.29, 0.717) is 6.42 Å². The highest BCUT2D eigenvalue weighted by atomic mass is 16.3. The van der Waals surface area contributed by atoms with Gasteiger partial charge in [0.2, 0.25) is 0 Å². The first kappa shape index (κ1) is 11.8. The first-order valence-electron chi connectivity index (χ1n) is 5.79. The maximum absolute atomic E-state index is 9.93. The summed E-state index contributed by atoms with van der Waals surface area (Å²) in [6, 6.07) is 5.86. The number of aliphatic hydroxyl groups is 1. The maximum atomic E-state index is 9.93. The molecule has 2 rings (SSSR count). The van der Waals surface area contributed by atoms with Gasteiger partial charge in [-0.15, -0.1) is 0 Å². The van der Waals surface area contributed by atoms with Gasteiger partial charge in [0, 0.05) is 31.3 Å². The third-order valence-electron chi connectivity index (χ3n) is 2.85. The molecule has 0 aliphatic rings. The normalized spacial score (nSPS) is 12.6. The second kappa shape index (κ2) is 5.59. The first-order chi connectivity index (χ1) is 8.25. The van der Waals surface area contributed by atoms with Gasteiger partial charge in [-0.05, 0) is 37.0 Å². The van der Waals surface area contributed by atoms with Crippen LogP contribution in [0.2, 0.25) is 0 Å². The molecule has 17 heavy (non-hydrogen) atoms. The van der Waals surface area contributed by atoms with Crippen LogP contribution in [0.15, 0.2) is 36.8 Å². The van der Waals surface area contributed by atoms with Crippen LogP contribution in [-0.2, 0) is 19.9 Å². The van der Waals surface area contributed by atoms with Gasteiger partial charge < -0.3 is 5.11 Å². The summed E-state index contributed by atoms with van der Waals surface area (Å²) < 4.78 is 1.84. The first-order valence-corrected chi connectivity index (χ1v) is 5.79. The molecule has 2 heterocycles. The topological polar surface area (TPSA) is 50.9 Å². The zero-order valence-electron chi connectivity index (χ0n) is 9.95. The van der Waals surface area contributed by atoms with Gasteiger partial charge in [0.15, 0.2) is 0 Å². The molecule has 0 bridgehead atoms. The van der Waals surface area contributed by atoms with Crippen molar-refractivity contribution in [2.45, 2.75) is 25.4 Å². The van der Waals surface area contributed by atoms with Crippen molar-refractivity contribution in [3.63, 3.8) is 0 Å². The smallest absolute Gasteiger partial charge is 0.0584 e. The number of hydrogen-bond acceptors (Lipinski definition) is 3. The molecular weight excluding hydrogens is 214 g/mol. The second-order valence-electron chi connectivity index (χ2n) is 4.20. The number of pyridine rings is 1. The maximum Gasteiger partial charge on any atom is 0.0584 e. The molecule has 1 atom stereocenters. The predicted molar refractivity (Wildman–Crippen MR) is 65.5 cm³/mol. The molecule has 0 amide bonds. The Kier molecular flexibility index (Phi) is 3.88. The largest absolute Gasteiger partial charge is 0.393 e. The van der Waals surface area contributed by atoms with Gasteiger partial charge in [-0.1, -0.05) is 6.07 Å². The van der Waals surface area contributed by atoms with E-state index in [-0.39, 0.29) is 6.10 Å². The molecule has 0 aromatic carbocycles. The van der Waals surface area contributed by atoms with E-state index in [1.807, 2.05) is 29.9 Å². The van der Waals surface area contributed by atoms with E-state index in [1.165, 1.54) is 0 Å². The Morgan fingerprint density at radius 3 is 2.88 bits per heavy atom. The number of nitrogens with zero attached hydrogens (tertiary/aromatic N) is 3. The standard InChI is InChI=1S/C13H17N3O/c1-16-12(6-8-15-16)4-5-13(17)9-11-3-2-7-14-10-11/h2-3,6-8,10,13,17H,4-5,9H2,1H3. The number of rotatable bonds is 5. The second-order valence-corrected chi connectivity index (χ2v) is 4.20. The molecule has 0 fully saturated rings. The van der Waals surface area contributed by atoms with Gasteiger partial charge in [0.25, 0.3) is 0 Å². The van der Waals surface area contributed by atoms with E-state index < -0.39 is 0 Å². The van der Waals surface area contributed by atoms with Crippen molar-refractivity contribution in [1.29, 1.82) is 0 Å². The third-order valence-corrected chi connectivity index (χ3v) is 2.85. The van der Waals surface area contributed by atoms with Crippen molar-refractivity contribution in [2.24, 2.45) is 7.05 Å². The number of aryl methyl sites for hydroxylation is 2. The van der Waals surface area contributed by atoms with E-state index in [9.17, 15) is 5.11 Å². The van der Waals surface area contributed by atoms with Crippen LogP contribution >= 0.6 is 0 Å². The monoisotopic (exact) mass is 231 g/mol. The summed E-state index contributed by atoms with van der Waals surface area (Å²) in [6.45, 7) is 0. The average molecular weight is 231 g/mol. The fourth-order valence-electron chi connectivity index (χ4n) is 1.85. The summed E-state index contributed by atoms with van der Waals surface area (Å²) in [5.41, 5.74) is 2.22. The van der Waals surface area contributed by atoms with Gasteiger partial charge in [0.05, 0.1) is 6.10 Å². The SMILES string of the molecule is Cn1nccc1CCC(O)Cc1cccnc1. The summed E-state index contributed by atoms with van der Waals surface area (Å²) in [7, 11) is 1.92. The van der Waals surface area contributed by atoms with Gasteiger partial charge in [-0.25, -0.2) is 0 Å². The highest BCUT2D eigenvalue weighted by Crippen LogP contribution is 2.08. The highest BCUT2D eigenvalue weighted by molar-refractivity contribution is 5.09. The Bertz CT molecular complexity index is 453. The third kappa shape index (κ3) is 3.39. The predicted octanol–water partition coefficient (Wildman–Crippen LogP) is 1.35. The molecule has 0 aliphatic carbocycles. The molecule has 1 N–H and O–H groups in total. The summed E-state index contributed by atoms with van der Waals surface area (Å²) in [5.74, 6) is 0. The van der Waals surface area contributed by atoms with Gasteiger partial charge in [0.1, 0.15) is 0 Å². The summed E-state index contributed by atoms with van der Waals surface area (Å²) in [5, 5.41) is 14.0. The Morgan fingerprint density at radius 1 is 1.35 bits per heavy atom. The van der Waals surface area contributed by atoms with E-state index in [2.05, 4.69) is 10.1 Å². The van der Waals surface area contributed by atoms with Gasteiger partial charge >= 0.3 is 0 Å². The molecule has 0 saturated heterocycles. The van der Waals surface area contributed by atoms with Crippen molar-refractivity contribution in [2.75, 3.05) is 0 Å². The quantitative estimate of drug-likeness (QED) is 0.845. The minimum Gasteiger partial charge on any atom is -0.393 e. The van der Waals surface area contributed by atoms with Crippen LogP contribution in [0.3, 0.4) is 0 Å². The van der Waals surface area contributed by atoms with Gasteiger partial charge in [-0.2, -0.15) is 5.10 Å².